The van der Waals surface area contributed by atoms with Gasteiger partial charge in [-0.3, -0.25) is 9.59 Å². The number of carbonyl (C=O) groups excluding carboxylic acids is 2. The second kappa shape index (κ2) is 9.40. The molecule has 1 aromatic heterocycles. The van der Waals surface area contributed by atoms with Crippen molar-refractivity contribution < 1.29 is 14.3 Å². The number of hydrogen-bond donors (Lipinski definition) is 2. The Labute approximate surface area is 187 Å². The van der Waals surface area contributed by atoms with Crippen molar-refractivity contribution in [3.8, 4) is 17.0 Å². The highest BCUT2D eigenvalue weighted by Crippen LogP contribution is 2.28. The van der Waals surface area contributed by atoms with E-state index in [9.17, 15) is 9.59 Å². The minimum atomic E-state index is -1.07. The van der Waals surface area contributed by atoms with E-state index in [0.717, 1.165) is 15.7 Å². The second-order valence-corrected chi connectivity index (χ2v) is 8.81. The summed E-state index contributed by atoms with van der Waals surface area (Å²) in [5.74, 6) is 0.262. The molecule has 0 aliphatic heterocycles. The zero-order valence-electron chi connectivity index (χ0n) is 16.9. The number of benzene rings is 2. The lowest BCUT2D eigenvalue weighted by atomic mass is 10.1. The molecule has 0 bridgehead atoms. The summed E-state index contributed by atoms with van der Waals surface area (Å²) in [5, 5.41) is 8.08. The molecule has 0 atom stereocenters. The third kappa shape index (κ3) is 5.67. The number of rotatable bonds is 7. The molecule has 0 unspecified atom stereocenters. The number of nitrogens with one attached hydrogen (secondary N) is 2. The van der Waals surface area contributed by atoms with Gasteiger partial charge in [0.05, 0.1) is 5.69 Å². The van der Waals surface area contributed by atoms with Crippen LogP contribution in [0.1, 0.15) is 27.2 Å². The molecule has 6 nitrogen and oxygen atoms in total. The summed E-state index contributed by atoms with van der Waals surface area (Å²) in [6.45, 7) is 5.23. The molecule has 0 saturated carbocycles. The van der Waals surface area contributed by atoms with Gasteiger partial charge in [0.1, 0.15) is 5.75 Å². The quantitative estimate of drug-likeness (QED) is 0.446. The molecule has 1 heterocycles. The first-order valence-corrected chi connectivity index (χ1v) is 11.1. The number of hydrogen-bond acceptors (Lipinski definition) is 5. The fourth-order valence-electron chi connectivity index (χ4n) is 2.55. The Morgan fingerprint density at radius 1 is 1.13 bits per heavy atom. The summed E-state index contributed by atoms with van der Waals surface area (Å²) >= 11 is 4.74. The van der Waals surface area contributed by atoms with Gasteiger partial charge in [-0.2, -0.15) is 0 Å². The molecular weight excluding hydrogens is 466 g/mol. The predicted octanol–water partition coefficient (Wildman–Crippen LogP) is 5.72. The van der Waals surface area contributed by atoms with Crippen LogP contribution in [0.25, 0.3) is 11.3 Å². The van der Waals surface area contributed by atoms with Crippen molar-refractivity contribution in [3.05, 3.63) is 58.4 Å². The van der Waals surface area contributed by atoms with Gasteiger partial charge in [0, 0.05) is 27.5 Å². The normalized spacial score (nSPS) is 11.1. The summed E-state index contributed by atoms with van der Waals surface area (Å²) < 4.78 is 6.81. The maximum atomic E-state index is 12.8. The number of thiazole rings is 1. The first kappa shape index (κ1) is 22.0. The van der Waals surface area contributed by atoms with Crippen molar-refractivity contribution in [2.24, 2.45) is 0 Å². The van der Waals surface area contributed by atoms with Crippen LogP contribution >= 0.6 is 27.3 Å². The molecule has 3 aromatic rings. The fourth-order valence-corrected chi connectivity index (χ4v) is 3.55. The van der Waals surface area contributed by atoms with E-state index < -0.39 is 5.60 Å². The van der Waals surface area contributed by atoms with Crippen LogP contribution in [0.4, 0.5) is 10.8 Å². The summed E-state index contributed by atoms with van der Waals surface area (Å²) in [4.78, 5) is 28.8. The fraction of sp³-hybridized carbons (Fsp3) is 0.227. The van der Waals surface area contributed by atoms with E-state index in [1.54, 1.807) is 32.9 Å². The lowest BCUT2D eigenvalue weighted by Crippen LogP contribution is -2.42. The Morgan fingerprint density at radius 2 is 1.87 bits per heavy atom. The first-order chi connectivity index (χ1) is 14.3. The number of ether oxygens (including phenoxy) is 1. The molecule has 0 saturated heterocycles. The summed E-state index contributed by atoms with van der Waals surface area (Å²) in [5.41, 5.74) is 1.14. The Hall–Kier alpha value is -2.71. The molecule has 2 N–H and O–H groups in total. The third-order valence-electron chi connectivity index (χ3n) is 4.22. The van der Waals surface area contributed by atoms with Crippen LogP contribution in [-0.2, 0) is 9.59 Å². The second-order valence-electron chi connectivity index (χ2n) is 7.04. The molecule has 0 fully saturated rings. The average molecular weight is 488 g/mol. The molecule has 0 spiro atoms. The van der Waals surface area contributed by atoms with Crippen molar-refractivity contribution >= 4 is 49.9 Å². The van der Waals surface area contributed by atoms with E-state index in [1.807, 2.05) is 41.8 Å². The monoisotopic (exact) mass is 487 g/mol. The standard InChI is InChI=1S/C22H22BrN3O3S/c1-4-19(27)26-21-25-18(13-30-21)14-6-5-7-16(12-14)24-20(28)22(2,3)29-17-10-8-15(23)9-11-17/h5-13H,4H2,1-3H3,(H,24,28)(H,25,26,27). The Morgan fingerprint density at radius 3 is 2.57 bits per heavy atom. The minimum absolute atomic E-state index is 0.0788. The van der Waals surface area contributed by atoms with E-state index >= 15 is 0 Å². The van der Waals surface area contributed by atoms with Gasteiger partial charge in [-0.05, 0) is 50.2 Å². The average Bonchev–Trinajstić information content (AvgIpc) is 3.18. The predicted molar refractivity (Wildman–Crippen MR) is 124 cm³/mol. The molecule has 2 amide bonds. The van der Waals surface area contributed by atoms with Crippen molar-refractivity contribution in [1.82, 2.24) is 4.98 Å². The number of carbonyl (C=O) groups is 2. The maximum Gasteiger partial charge on any atom is 0.267 e. The van der Waals surface area contributed by atoms with Gasteiger partial charge in [0.15, 0.2) is 10.7 Å². The van der Waals surface area contributed by atoms with Gasteiger partial charge in [-0.1, -0.05) is 35.0 Å². The lowest BCUT2D eigenvalue weighted by Gasteiger charge is -2.25. The van der Waals surface area contributed by atoms with E-state index in [-0.39, 0.29) is 11.8 Å². The Bertz CT molecular complexity index is 1050. The smallest absolute Gasteiger partial charge is 0.267 e. The zero-order valence-corrected chi connectivity index (χ0v) is 19.3. The topological polar surface area (TPSA) is 80.3 Å². The number of amides is 2. The zero-order chi connectivity index (χ0) is 21.7. The van der Waals surface area contributed by atoms with Gasteiger partial charge in [0.25, 0.3) is 5.91 Å². The van der Waals surface area contributed by atoms with Crippen molar-refractivity contribution in [1.29, 1.82) is 0 Å². The van der Waals surface area contributed by atoms with Gasteiger partial charge in [-0.15, -0.1) is 11.3 Å². The van der Waals surface area contributed by atoms with Gasteiger partial charge < -0.3 is 15.4 Å². The highest BCUT2D eigenvalue weighted by Gasteiger charge is 2.30. The first-order valence-electron chi connectivity index (χ1n) is 9.38. The minimum Gasteiger partial charge on any atom is -0.478 e. The summed E-state index contributed by atoms with van der Waals surface area (Å²) in [7, 11) is 0. The maximum absolute atomic E-state index is 12.8. The van der Waals surface area contributed by atoms with E-state index in [0.29, 0.717) is 23.0 Å². The van der Waals surface area contributed by atoms with Crippen LogP contribution in [0.3, 0.4) is 0 Å². The number of nitrogens with zero attached hydrogens (tertiary/aromatic N) is 1. The van der Waals surface area contributed by atoms with Gasteiger partial charge >= 0.3 is 0 Å². The molecule has 8 heteroatoms. The number of aromatic nitrogens is 1. The highest BCUT2D eigenvalue weighted by molar-refractivity contribution is 9.10. The van der Waals surface area contributed by atoms with Crippen LogP contribution in [0.2, 0.25) is 0 Å². The molecule has 0 aliphatic rings. The molecule has 3 rings (SSSR count). The number of halogens is 1. The molecule has 30 heavy (non-hydrogen) atoms. The van der Waals surface area contributed by atoms with E-state index in [1.165, 1.54) is 11.3 Å². The molecule has 0 aliphatic carbocycles. The Balaban J connectivity index is 1.70. The van der Waals surface area contributed by atoms with Crippen LogP contribution < -0.4 is 15.4 Å². The van der Waals surface area contributed by atoms with Crippen molar-refractivity contribution in [3.63, 3.8) is 0 Å². The SMILES string of the molecule is CCC(=O)Nc1nc(-c2cccc(NC(=O)C(C)(C)Oc3ccc(Br)cc3)c2)cs1. The molecular formula is C22H22BrN3O3S. The van der Waals surface area contributed by atoms with Crippen LogP contribution in [0.5, 0.6) is 5.75 Å². The largest absolute Gasteiger partial charge is 0.478 e. The highest BCUT2D eigenvalue weighted by atomic mass is 79.9. The van der Waals surface area contributed by atoms with Gasteiger partial charge in [0.2, 0.25) is 5.91 Å². The van der Waals surface area contributed by atoms with Crippen molar-refractivity contribution in [2.45, 2.75) is 32.8 Å². The molecule has 156 valence electrons. The van der Waals surface area contributed by atoms with E-state index in [4.69, 9.17) is 4.74 Å². The molecule has 2 aromatic carbocycles. The van der Waals surface area contributed by atoms with Gasteiger partial charge in [-0.25, -0.2) is 4.98 Å². The van der Waals surface area contributed by atoms with E-state index in [2.05, 4.69) is 31.5 Å². The van der Waals surface area contributed by atoms with Crippen LogP contribution in [0.15, 0.2) is 58.4 Å². The lowest BCUT2D eigenvalue weighted by molar-refractivity contribution is -0.128. The van der Waals surface area contributed by atoms with Crippen molar-refractivity contribution in [2.75, 3.05) is 10.6 Å². The van der Waals surface area contributed by atoms with Crippen LogP contribution in [-0.4, -0.2) is 22.4 Å². The Kier molecular flexibility index (Phi) is 6.89. The molecule has 0 radical (unpaired) electrons. The third-order valence-corrected chi connectivity index (χ3v) is 5.51. The number of anilines is 2. The summed E-state index contributed by atoms with van der Waals surface area (Å²) in [6, 6.07) is 14.7. The summed E-state index contributed by atoms with van der Waals surface area (Å²) in [6.07, 6.45) is 0.397. The van der Waals surface area contributed by atoms with Crippen LogP contribution in [0, 0.1) is 0 Å².